The molecule has 1 aromatic carbocycles. The van der Waals surface area contributed by atoms with Gasteiger partial charge in [-0.05, 0) is 52.0 Å². The average molecular weight is 406 g/mol. The fourth-order valence-electron chi connectivity index (χ4n) is 2.13. The van der Waals surface area contributed by atoms with E-state index in [4.69, 9.17) is 9.47 Å². The lowest BCUT2D eigenvalue weighted by Gasteiger charge is -2.19. The Labute approximate surface area is 171 Å². The lowest BCUT2D eigenvalue weighted by Crippen LogP contribution is -2.34. The molecule has 0 unspecified atom stereocenters. The Morgan fingerprint density at radius 2 is 1.59 bits per heavy atom. The van der Waals surface area contributed by atoms with Gasteiger partial charge in [-0.2, -0.15) is 0 Å². The predicted molar refractivity (Wildman–Crippen MR) is 109 cm³/mol. The molecule has 0 heterocycles. The van der Waals surface area contributed by atoms with Gasteiger partial charge in [-0.3, -0.25) is 14.4 Å². The average Bonchev–Trinajstić information content (AvgIpc) is 2.59. The molecule has 1 rings (SSSR count). The molecule has 0 spiro atoms. The van der Waals surface area contributed by atoms with Gasteiger partial charge in [0, 0.05) is 23.7 Å². The monoisotopic (exact) mass is 406 g/mol. The van der Waals surface area contributed by atoms with Crippen LogP contribution in [-0.4, -0.2) is 42.0 Å². The van der Waals surface area contributed by atoms with Crippen LogP contribution in [-0.2, 0) is 19.1 Å². The molecule has 160 valence electrons. The predicted octanol–water partition coefficient (Wildman–Crippen LogP) is 3.31. The van der Waals surface area contributed by atoms with Crippen LogP contribution in [0.15, 0.2) is 24.3 Å². The van der Waals surface area contributed by atoms with Gasteiger partial charge in [-0.1, -0.05) is 13.8 Å². The molecule has 0 saturated carbocycles. The minimum Gasteiger partial charge on any atom is -0.454 e. The fourth-order valence-corrected chi connectivity index (χ4v) is 2.13. The summed E-state index contributed by atoms with van der Waals surface area (Å²) >= 11 is 0. The van der Waals surface area contributed by atoms with Gasteiger partial charge in [0.15, 0.2) is 6.10 Å². The summed E-state index contributed by atoms with van der Waals surface area (Å²) in [5.74, 6) is -1.24. The van der Waals surface area contributed by atoms with Crippen LogP contribution >= 0.6 is 0 Å². The first-order valence-electron chi connectivity index (χ1n) is 9.50. The summed E-state index contributed by atoms with van der Waals surface area (Å²) in [6.07, 6.45) is -1.68. The van der Waals surface area contributed by atoms with Crippen LogP contribution in [0.4, 0.5) is 10.5 Å². The number of ether oxygens (including phenoxy) is 2. The van der Waals surface area contributed by atoms with E-state index in [2.05, 4.69) is 10.6 Å². The first kappa shape index (κ1) is 24.1. The Morgan fingerprint density at radius 3 is 2.10 bits per heavy atom. The van der Waals surface area contributed by atoms with Crippen LogP contribution in [0.1, 0.15) is 58.3 Å². The van der Waals surface area contributed by atoms with Crippen LogP contribution in [0.5, 0.6) is 0 Å². The molecule has 0 saturated heterocycles. The zero-order valence-electron chi connectivity index (χ0n) is 17.8. The van der Waals surface area contributed by atoms with Crippen LogP contribution in [0.3, 0.4) is 0 Å². The van der Waals surface area contributed by atoms with E-state index in [1.807, 2.05) is 0 Å². The quantitative estimate of drug-likeness (QED) is 0.506. The van der Waals surface area contributed by atoms with Crippen LogP contribution in [0.25, 0.3) is 0 Å². The van der Waals surface area contributed by atoms with Crippen molar-refractivity contribution in [1.82, 2.24) is 5.32 Å². The van der Waals surface area contributed by atoms with Crippen molar-refractivity contribution in [2.45, 2.75) is 59.7 Å². The third-order valence-electron chi connectivity index (χ3n) is 3.64. The number of hydrogen-bond donors (Lipinski definition) is 2. The minimum atomic E-state index is -0.972. The first-order chi connectivity index (χ1) is 13.4. The zero-order chi connectivity index (χ0) is 22.2. The third-order valence-corrected chi connectivity index (χ3v) is 3.64. The van der Waals surface area contributed by atoms with E-state index in [1.165, 1.54) is 6.92 Å². The fraction of sp³-hybridized carbons (Fsp3) is 0.524. The summed E-state index contributed by atoms with van der Waals surface area (Å²) in [5.41, 5.74) is 0.316. The van der Waals surface area contributed by atoms with Crippen LogP contribution < -0.4 is 10.6 Å². The van der Waals surface area contributed by atoms with E-state index in [9.17, 15) is 19.2 Å². The number of rotatable bonds is 8. The second-order valence-electron chi connectivity index (χ2n) is 7.90. The number of anilines is 1. The maximum Gasteiger partial charge on any atom is 0.407 e. The molecular formula is C21H30N2O6. The summed E-state index contributed by atoms with van der Waals surface area (Å²) in [6.45, 7) is 10.3. The van der Waals surface area contributed by atoms with E-state index in [1.54, 1.807) is 58.9 Å². The number of amides is 2. The second-order valence-corrected chi connectivity index (χ2v) is 7.90. The number of benzene rings is 1. The van der Waals surface area contributed by atoms with Crippen molar-refractivity contribution in [3.63, 3.8) is 0 Å². The van der Waals surface area contributed by atoms with Gasteiger partial charge in [-0.25, -0.2) is 4.79 Å². The molecule has 0 aliphatic carbocycles. The van der Waals surface area contributed by atoms with E-state index in [0.29, 0.717) is 11.3 Å². The van der Waals surface area contributed by atoms with E-state index < -0.39 is 23.8 Å². The molecule has 2 amide bonds. The Bertz CT molecular complexity index is 735. The van der Waals surface area contributed by atoms with Crippen molar-refractivity contribution in [2.24, 2.45) is 5.92 Å². The largest absolute Gasteiger partial charge is 0.454 e. The van der Waals surface area contributed by atoms with Crippen molar-refractivity contribution >= 4 is 29.4 Å². The topological polar surface area (TPSA) is 111 Å². The maximum atomic E-state index is 12.4. The lowest BCUT2D eigenvalue weighted by atomic mass is 10.1. The standard InChI is InChI=1S/C21H30N2O6/c1-13(2)19(26)23-16-9-7-15(8-10-16)18(25)14(3)28-17(24)11-12-22-20(27)29-21(4,5)6/h7-10,13-14H,11-12H2,1-6H3,(H,22,27)(H,23,26)/t14-/m1/s1. The first-order valence-corrected chi connectivity index (χ1v) is 9.50. The molecule has 1 atom stereocenters. The zero-order valence-corrected chi connectivity index (χ0v) is 17.8. The van der Waals surface area contributed by atoms with E-state index in [-0.39, 0.29) is 30.6 Å². The molecule has 0 aliphatic rings. The molecule has 0 bridgehead atoms. The normalized spacial score (nSPS) is 12.1. The molecule has 0 radical (unpaired) electrons. The smallest absolute Gasteiger partial charge is 0.407 e. The summed E-state index contributed by atoms with van der Waals surface area (Å²) in [6, 6.07) is 6.36. The number of hydrogen-bond acceptors (Lipinski definition) is 6. The molecule has 8 nitrogen and oxygen atoms in total. The SMILES string of the molecule is CC(C)C(=O)Nc1ccc(C(=O)[C@@H](C)OC(=O)CCNC(=O)OC(C)(C)C)cc1. The number of esters is 1. The van der Waals surface area contributed by atoms with Crippen molar-refractivity contribution in [3.8, 4) is 0 Å². The number of alkyl carbamates (subject to hydrolysis) is 1. The highest BCUT2D eigenvalue weighted by atomic mass is 16.6. The summed E-state index contributed by atoms with van der Waals surface area (Å²) in [5, 5.41) is 5.19. The maximum absolute atomic E-state index is 12.4. The van der Waals surface area contributed by atoms with E-state index in [0.717, 1.165) is 0 Å². The number of Topliss-reactive ketones (excluding diaryl/α,β-unsaturated/α-hetero) is 1. The van der Waals surface area contributed by atoms with Crippen molar-refractivity contribution in [3.05, 3.63) is 29.8 Å². The molecule has 0 fully saturated rings. The van der Waals surface area contributed by atoms with Gasteiger partial charge < -0.3 is 20.1 Å². The molecule has 0 aromatic heterocycles. The Morgan fingerprint density at radius 1 is 1.00 bits per heavy atom. The number of ketones is 1. The Hall–Kier alpha value is -2.90. The van der Waals surface area contributed by atoms with Gasteiger partial charge in [0.1, 0.15) is 5.60 Å². The highest BCUT2D eigenvalue weighted by Crippen LogP contribution is 2.14. The van der Waals surface area contributed by atoms with E-state index >= 15 is 0 Å². The van der Waals surface area contributed by atoms with Crippen molar-refractivity contribution in [1.29, 1.82) is 0 Å². The Kier molecular flexibility index (Phi) is 8.82. The minimum absolute atomic E-state index is 0.0406. The van der Waals surface area contributed by atoms with Gasteiger partial charge in [0.05, 0.1) is 6.42 Å². The summed E-state index contributed by atoms with van der Waals surface area (Å²) in [7, 11) is 0. The van der Waals surface area contributed by atoms with Gasteiger partial charge in [0.25, 0.3) is 0 Å². The number of nitrogens with one attached hydrogen (secondary N) is 2. The molecule has 0 aliphatic heterocycles. The molecule has 2 N–H and O–H groups in total. The highest BCUT2D eigenvalue weighted by molar-refractivity contribution is 6.01. The highest BCUT2D eigenvalue weighted by Gasteiger charge is 2.20. The molecule has 1 aromatic rings. The van der Waals surface area contributed by atoms with Gasteiger partial charge >= 0.3 is 12.1 Å². The van der Waals surface area contributed by atoms with Crippen molar-refractivity contribution < 1.29 is 28.7 Å². The second kappa shape index (κ2) is 10.6. The summed E-state index contributed by atoms with van der Waals surface area (Å²) < 4.78 is 10.2. The number of carbonyl (C=O) groups is 4. The van der Waals surface area contributed by atoms with Gasteiger partial charge in [0.2, 0.25) is 11.7 Å². The molecule has 29 heavy (non-hydrogen) atoms. The third kappa shape index (κ3) is 9.23. The van der Waals surface area contributed by atoms with Crippen LogP contribution in [0.2, 0.25) is 0 Å². The summed E-state index contributed by atoms with van der Waals surface area (Å²) in [4.78, 5) is 47.5. The van der Waals surface area contributed by atoms with Crippen molar-refractivity contribution in [2.75, 3.05) is 11.9 Å². The Balaban J connectivity index is 2.48. The molecule has 8 heteroatoms. The number of carbonyl (C=O) groups excluding carboxylic acids is 4. The van der Waals surface area contributed by atoms with Gasteiger partial charge in [-0.15, -0.1) is 0 Å². The lowest BCUT2D eigenvalue weighted by molar-refractivity contribution is -0.146. The van der Waals surface area contributed by atoms with Crippen LogP contribution in [0, 0.1) is 5.92 Å². The molecular weight excluding hydrogens is 376 g/mol.